The Labute approximate surface area is 100 Å². The molecule has 0 unspecified atom stereocenters. The van der Waals surface area contributed by atoms with Crippen molar-refractivity contribution in [2.75, 3.05) is 5.32 Å². The molecule has 0 aliphatic rings. The van der Waals surface area contributed by atoms with Crippen LogP contribution in [-0.4, -0.2) is 5.91 Å². The molecule has 0 aliphatic carbocycles. The van der Waals surface area contributed by atoms with Gasteiger partial charge in [-0.3, -0.25) is 4.79 Å². The third-order valence-corrected chi connectivity index (χ3v) is 3.43. The summed E-state index contributed by atoms with van der Waals surface area (Å²) in [5.41, 5.74) is 0.788. The molecule has 1 aromatic heterocycles. The van der Waals surface area contributed by atoms with Gasteiger partial charge in [0.2, 0.25) is 0 Å². The zero-order chi connectivity index (χ0) is 10.7. The summed E-state index contributed by atoms with van der Waals surface area (Å²) in [5, 5.41) is 4.72. The lowest BCUT2D eigenvalue weighted by Gasteiger charge is -2.05. The molecule has 0 saturated carbocycles. The summed E-state index contributed by atoms with van der Waals surface area (Å²) in [6.07, 6.45) is 0. The number of rotatable bonds is 2. The Morgan fingerprint density at radius 2 is 2.00 bits per heavy atom. The van der Waals surface area contributed by atoms with E-state index in [0.717, 1.165) is 10.2 Å². The Balaban J connectivity index is 2.17. The highest BCUT2D eigenvalue weighted by Crippen LogP contribution is 2.22. The number of anilines is 1. The van der Waals surface area contributed by atoms with Crippen LogP contribution < -0.4 is 5.32 Å². The van der Waals surface area contributed by atoms with E-state index in [-0.39, 0.29) is 5.91 Å². The highest BCUT2D eigenvalue weighted by atomic mass is 79.9. The van der Waals surface area contributed by atoms with Crippen molar-refractivity contribution in [1.29, 1.82) is 0 Å². The summed E-state index contributed by atoms with van der Waals surface area (Å²) in [6.45, 7) is 0. The van der Waals surface area contributed by atoms with Crippen LogP contribution in [0, 0.1) is 0 Å². The van der Waals surface area contributed by atoms with Crippen molar-refractivity contribution in [2.24, 2.45) is 0 Å². The van der Waals surface area contributed by atoms with E-state index in [0.29, 0.717) is 4.88 Å². The summed E-state index contributed by atoms with van der Waals surface area (Å²) < 4.78 is 0.884. The predicted molar refractivity (Wildman–Crippen MR) is 66.4 cm³/mol. The molecular formula is C11H8BrNOS. The van der Waals surface area contributed by atoms with E-state index in [1.807, 2.05) is 35.7 Å². The van der Waals surface area contributed by atoms with E-state index >= 15 is 0 Å². The fraction of sp³-hybridized carbons (Fsp3) is 0. The summed E-state index contributed by atoms with van der Waals surface area (Å²) in [6, 6.07) is 11.2. The molecule has 0 bridgehead atoms. The van der Waals surface area contributed by atoms with E-state index in [4.69, 9.17) is 0 Å². The van der Waals surface area contributed by atoms with Crippen LogP contribution in [0.1, 0.15) is 9.67 Å². The van der Waals surface area contributed by atoms with Gasteiger partial charge in [0.1, 0.15) is 0 Å². The summed E-state index contributed by atoms with van der Waals surface area (Å²) in [5.74, 6) is -0.0723. The summed E-state index contributed by atoms with van der Waals surface area (Å²) in [7, 11) is 0. The van der Waals surface area contributed by atoms with Crippen LogP contribution in [-0.2, 0) is 0 Å². The van der Waals surface area contributed by atoms with Crippen molar-refractivity contribution >= 4 is 38.9 Å². The highest BCUT2D eigenvalue weighted by Gasteiger charge is 2.07. The van der Waals surface area contributed by atoms with Gasteiger partial charge in [-0.25, -0.2) is 0 Å². The Bertz CT molecular complexity index is 467. The van der Waals surface area contributed by atoms with Crippen LogP contribution in [0.2, 0.25) is 0 Å². The number of para-hydroxylation sites is 1. The molecule has 2 rings (SSSR count). The molecule has 2 nitrogen and oxygen atoms in total. The SMILES string of the molecule is O=C(Nc1ccccc1Br)c1cccs1. The molecule has 0 aliphatic heterocycles. The highest BCUT2D eigenvalue weighted by molar-refractivity contribution is 9.10. The first-order valence-electron chi connectivity index (χ1n) is 4.37. The number of benzene rings is 1. The monoisotopic (exact) mass is 281 g/mol. The molecule has 1 N–H and O–H groups in total. The molecule has 0 atom stereocenters. The topological polar surface area (TPSA) is 29.1 Å². The van der Waals surface area contributed by atoms with Crippen molar-refractivity contribution in [1.82, 2.24) is 0 Å². The molecule has 0 spiro atoms. The van der Waals surface area contributed by atoms with Crippen LogP contribution in [0.3, 0.4) is 0 Å². The van der Waals surface area contributed by atoms with Gasteiger partial charge in [0.05, 0.1) is 10.6 Å². The Hall–Kier alpha value is -1.13. The lowest BCUT2D eigenvalue weighted by molar-refractivity contribution is 0.103. The fourth-order valence-electron chi connectivity index (χ4n) is 1.15. The number of thiophene rings is 1. The van der Waals surface area contributed by atoms with Crippen LogP contribution in [0.25, 0.3) is 0 Å². The minimum atomic E-state index is -0.0723. The lowest BCUT2D eigenvalue weighted by Crippen LogP contribution is -2.10. The first-order valence-corrected chi connectivity index (χ1v) is 6.04. The maximum absolute atomic E-state index is 11.7. The van der Waals surface area contributed by atoms with Crippen LogP contribution in [0.15, 0.2) is 46.3 Å². The van der Waals surface area contributed by atoms with Crippen LogP contribution >= 0.6 is 27.3 Å². The van der Waals surface area contributed by atoms with Gasteiger partial charge < -0.3 is 5.32 Å². The van der Waals surface area contributed by atoms with Crippen molar-refractivity contribution in [3.05, 3.63) is 51.1 Å². The van der Waals surface area contributed by atoms with Gasteiger partial charge in [0.25, 0.3) is 5.91 Å². The number of hydrogen-bond acceptors (Lipinski definition) is 2. The number of carbonyl (C=O) groups excluding carboxylic acids is 1. The molecule has 15 heavy (non-hydrogen) atoms. The maximum Gasteiger partial charge on any atom is 0.265 e. The Kier molecular flexibility index (Phi) is 3.18. The standard InChI is InChI=1S/C11H8BrNOS/c12-8-4-1-2-5-9(8)13-11(14)10-6-3-7-15-10/h1-7H,(H,13,14). The first kappa shape index (κ1) is 10.4. The largest absolute Gasteiger partial charge is 0.320 e. The van der Waals surface area contributed by atoms with Crippen molar-refractivity contribution < 1.29 is 4.79 Å². The normalized spacial score (nSPS) is 9.93. The van der Waals surface area contributed by atoms with Crippen LogP contribution in [0.4, 0.5) is 5.69 Å². The molecule has 2 aromatic rings. The van der Waals surface area contributed by atoms with Crippen molar-refractivity contribution in [2.45, 2.75) is 0 Å². The Morgan fingerprint density at radius 1 is 1.20 bits per heavy atom. The van der Waals surface area contributed by atoms with Crippen LogP contribution in [0.5, 0.6) is 0 Å². The number of carbonyl (C=O) groups is 1. The molecule has 0 saturated heterocycles. The zero-order valence-corrected chi connectivity index (χ0v) is 10.1. The maximum atomic E-state index is 11.7. The molecule has 0 fully saturated rings. The molecule has 4 heteroatoms. The minimum Gasteiger partial charge on any atom is -0.320 e. The fourth-order valence-corrected chi connectivity index (χ4v) is 2.16. The second-order valence-corrected chi connectivity index (χ2v) is 4.71. The van der Waals surface area contributed by atoms with Gasteiger partial charge in [-0.05, 0) is 39.5 Å². The molecular weight excluding hydrogens is 274 g/mol. The average Bonchev–Trinajstić information content (AvgIpc) is 2.74. The second-order valence-electron chi connectivity index (χ2n) is 2.91. The van der Waals surface area contributed by atoms with Gasteiger partial charge in [-0.1, -0.05) is 18.2 Å². The average molecular weight is 282 g/mol. The second kappa shape index (κ2) is 4.59. The number of amides is 1. The zero-order valence-electron chi connectivity index (χ0n) is 7.74. The van der Waals surface area contributed by atoms with Crippen molar-refractivity contribution in [3.63, 3.8) is 0 Å². The molecule has 76 valence electrons. The number of halogens is 1. The quantitative estimate of drug-likeness (QED) is 0.892. The van der Waals surface area contributed by atoms with E-state index in [1.54, 1.807) is 6.07 Å². The third-order valence-electron chi connectivity index (χ3n) is 1.87. The third kappa shape index (κ3) is 2.46. The molecule has 1 amide bonds. The van der Waals surface area contributed by atoms with Gasteiger partial charge in [0.15, 0.2) is 0 Å². The number of nitrogens with one attached hydrogen (secondary N) is 1. The minimum absolute atomic E-state index is 0.0723. The van der Waals surface area contributed by atoms with E-state index in [1.165, 1.54) is 11.3 Å². The Morgan fingerprint density at radius 3 is 2.67 bits per heavy atom. The predicted octanol–water partition coefficient (Wildman–Crippen LogP) is 3.76. The summed E-state index contributed by atoms with van der Waals surface area (Å²) >= 11 is 4.81. The van der Waals surface area contributed by atoms with E-state index in [9.17, 15) is 4.79 Å². The smallest absolute Gasteiger partial charge is 0.265 e. The lowest BCUT2D eigenvalue weighted by atomic mass is 10.3. The van der Waals surface area contributed by atoms with Gasteiger partial charge in [-0.15, -0.1) is 11.3 Å². The van der Waals surface area contributed by atoms with Gasteiger partial charge >= 0.3 is 0 Å². The number of hydrogen-bond donors (Lipinski definition) is 1. The summed E-state index contributed by atoms with van der Waals surface area (Å²) in [4.78, 5) is 12.4. The molecule has 0 radical (unpaired) electrons. The van der Waals surface area contributed by atoms with E-state index in [2.05, 4.69) is 21.2 Å². The van der Waals surface area contributed by atoms with Crippen molar-refractivity contribution in [3.8, 4) is 0 Å². The van der Waals surface area contributed by atoms with Gasteiger partial charge in [-0.2, -0.15) is 0 Å². The van der Waals surface area contributed by atoms with E-state index < -0.39 is 0 Å². The first-order chi connectivity index (χ1) is 7.27. The molecule has 1 heterocycles. The molecule has 1 aromatic carbocycles. The van der Waals surface area contributed by atoms with Gasteiger partial charge in [0, 0.05) is 4.47 Å².